The van der Waals surface area contributed by atoms with Gasteiger partial charge in [-0.1, -0.05) is 35.3 Å². The first-order chi connectivity index (χ1) is 20.2. The number of nitrogens with zero attached hydrogens (tertiary/aromatic N) is 3. The van der Waals surface area contributed by atoms with Crippen LogP contribution in [0.15, 0.2) is 42.6 Å². The Labute approximate surface area is 252 Å². The van der Waals surface area contributed by atoms with Crippen LogP contribution in [0.25, 0.3) is 11.1 Å². The van der Waals surface area contributed by atoms with Crippen molar-refractivity contribution in [3.8, 4) is 16.9 Å². The van der Waals surface area contributed by atoms with Crippen LogP contribution in [-0.2, 0) is 14.9 Å². The molecule has 6 rings (SSSR count). The third-order valence-electron chi connectivity index (χ3n) is 8.39. The minimum absolute atomic E-state index is 0.00672. The Morgan fingerprint density at radius 2 is 1.81 bits per heavy atom. The number of nitrogens with two attached hydrogens (primary N) is 1. The summed E-state index contributed by atoms with van der Waals surface area (Å²) in [6.45, 7) is 4.98. The van der Waals surface area contributed by atoms with Gasteiger partial charge in [-0.15, -0.1) is 0 Å². The van der Waals surface area contributed by atoms with Crippen molar-refractivity contribution in [2.45, 2.75) is 31.3 Å². The van der Waals surface area contributed by atoms with Gasteiger partial charge in [0.1, 0.15) is 11.9 Å². The summed E-state index contributed by atoms with van der Waals surface area (Å²) in [6, 6.07) is 10.2. The number of rotatable bonds is 4. The molecule has 3 aromatic rings. The molecule has 0 aliphatic carbocycles. The molecule has 9 nitrogen and oxygen atoms in total. The molecule has 4 heterocycles. The largest absolute Gasteiger partial charge is 0.482 e. The summed E-state index contributed by atoms with van der Waals surface area (Å²) in [5, 5.41) is 3.22. The number of hydrogen-bond donors (Lipinski definition) is 2. The van der Waals surface area contributed by atoms with E-state index in [-0.39, 0.29) is 33.6 Å². The molecule has 1 atom stereocenters. The molecule has 0 saturated carbocycles. The molecule has 2 fully saturated rings. The number of pyridine rings is 1. The Morgan fingerprint density at radius 3 is 2.55 bits per heavy atom. The number of benzene rings is 2. The summed E-state index contributed by atoms with van der Waals surface area (Å²) < 4.78 is 25.5. The van der Waals surface area contributed by atoms with Crippen LogP contribution in [0.2, 0.25) is 10.0 Å². The van der Waals surface area contributed by atoms with Gasteiger partial charge in [-0.3, -0.25) is 4.79 Å². The summed E-state index contributed by atoms with van der Waals surface area (Å²) in [5.41, 5.74) is 8.92. The summed E-state index contributed by atoms with van der Waals surface area (Å²) in [6.07, 6.45) is 2.01. The van der Waals surface area contributed by atoms with E-state index in [0.717, 1.165) is 16.8 Å². The fraction of sp³-hybridized carbons (Fsp3) is 0.367. The summed E-state index contributed by atoms with van der Waals surface area (Å²) in [7, 11) is 0. The number of ether oxygens (including phenoxy) is 2. The zero-order chi connectivity index (χ0) is 29.6. The number of hydrogen-bond acceptors (Lipinski definition) is 6. The zero-order valence-corrected chi connectivity index (χ0v) is 24.5. The van der Waals surface area contributed by atoms with E-state index in [2.05, 4.69) is 10.3 Å². The van der Waals surface area contributed by atoms with Gasteiger partial charge in [-0.05, 0) is 55.2 Å². The molecular weight excluding hydrogens is 584 g/mol. The van der Waals surface area contributed by atoms with Crippen molar-refractivity contribution in [2.24, 2.45) is 0 Å². The third kappa shape index (κ3) is 5.01. The first-order valence-corrected chi connectivity index (χ1v) is 14.6. The molecule has 2 saturated heterocycles. The number of piperidine rings is 1. The predicted molar refractivity (Wildman–Crippen MR) is 158 cm³/mol. The molecular formula is C30H30Cl2FN5O4. The van der Waals surface area contributed by atoms with Crippen molar-refractivity contribution in [1.82, 2.24) is 14.8 Å². The van der Waals surface area contributed by atoms with Crippen LogP contribution in [0.1, 0.15) is 37.0 Å². The number of carbonyl (C=O) groups is 2. The lowest BCUT2D eigenvalue weighted by atomic mass is 9.73. The molecule has 3 amide bonds. The molecule has 1 aromatic heterocycles. The maximum Gasteiger partial charge on any atom is 0.320 e. The van der Waals surface area contributed by atoms with Crippen molar-refractivity contribution < 1.29 is 23.5 Å². The van der Waals surface area contributed by atoms with Crippen LogP contribution >= 0.6 is 23.2 Å². The molecule has 12 heteroatoms. The van der Waals surface area contributed by atoms with Crippen molar-refractivity contribution in [3.63, 3.8) is 0 Å². The SMILES string of the molecule is C[C@@H](Oc1cc(-c2ccc3c(c2)NC(=O)C32CCN(C(=O)N3CCOCC3)CC2)cnc1N)c1c(Cl)ccc(F)c1Cl. The number of morpholine rings is 1. The number of halogens is 3. The summed E-state index contributed by atoms with van der Waals surface area (Å²) >= 11 is 12.4. The van der Waals surface area contributed by atoms with Gasteiger partial charge in [0.15, 0.2) is 11.6 Å². The average Bonchev–Trinajstić information content (AvgIpc) is 3.26. The van der Waals surface area contributed by atoms with Gasteiger partial charge in [-0.2, -0.15) is 0 Å². The lowest BCUT2D eigenvalue weighted by Gasteiger charge is -2.40. The molecule has 0 radical (unpaired) electrons. The average molecular weight is 615 g/mol. The standard InChI is InChI=1S/C30H30Cl2FN5O4/c1-17(25-21(31)4-5-22(33)26(25)32)42-24-15-19(16-35-27(24)34)18-2-3-20-23(14-18)36-28(39)30(20)6-8-37(9-7-30)29(40)38-10-12-41-13-11-38/h2-5,14-17H,6-13H2,1H3,(H2,34,35)(H,36,39)/t17-/m1/s1. The number of amides is 3. The third-order valence-corrected chi connectivity index (χ3v) is 9.11. The second kappa shape index (κ2) is 11.2. The summed E-state index contributed by atoms with van der Waals surface area (Å²) in [4.78, 5) is 34.3. The predicted octanol–water partition coefficient (Wildman–Crippen LogP) is 5.65. The Kier molecular flexibility index (Phi) is 7.63. The number of aromatic nitrogens is 1. The first kappa shape index (κ1) is 28.5. The maximum atomic E-state index is 14.1. The lowest BCUT2D eigenvalue weighted by molar-refractivity contribution is -0.122. The Morgan fingerprint density at radius 1 is 1.10 bits per heavy atom. The van der Waals surface area contributed by atoms with E-state index in [1.165, 1.54) is 12.1 Å². The van der Waals surface area contributed by atoms with Gasteiger partial charge in [0.05, 0.1) is 23.7 Å². The monoisotopic (exact) mass is 613 g/mol. The Hall–Kier alpha value is -3.60. The molecule has 42 heavy (non-hydrogen) atoms. The highest BCUT2D eigenvalue weighted by atomic mass is 35.5. The highest BCUT2D eigenvalue weighted by Crippen LogP contribution is 2.46. The number of urea groups is 1. The minimum atomic E-state index is -0.708. The van der Waals surface area contributed by atoms with E-state index >= 15 is 0 Å². The number of likely N-dealkylation sites (tertiary alicyclic amines) is 1. The van der Waals surface area contributed by atoms with Gasteiger partial charge in [0, 0.05) is 54.2 Å². The number of anilines is 2. The second-order valence-corrected chi connectivity index (χ2v) is 11.6. The Balaban J connectivity index is 1.21. The van der Waals surface area contributed by atoms with E-state index in [1.54, 1.807) is 19.2 Å². The number of nitrogen functional groups attached to an aromatic ring is 1. The van der Waals surface area contributed by atoms with E-state index in [1.807, 2.05) is 28.0 Å². The van der Waals surface area contributed by atoms with E-state index < -0.39 is 17.3 Å². The van der Waals surface area contributed by atoms with Crippen LogP contribution in [0.5, 0.6) is 5.75 Å². The normalized spacial score (nSPS) is 18.5. The van der Waals surface area contributed by atoms with Crippen molar-refractivity contribution in [1.29, 1.82) is 0 Å². The topological polar surface area (TPSA) is 110 Å². The van der Waals surface area contributed by atoms with Crippen LogP contribution < -0.4 is 15.8 Å². The number of nitrogens with one attached hydrogen (secondary N) is 1. The van der Waals surface area contributed by atoms with E-state index in [9.17, 15) is 14.0 Å². The molecule has 0 unspecified atom stereocenters. The Bertz CT molecular complexity index is 1560. The van der Waals surface area contributed by atoms with Crippen LogP contribution in [-0.4, -0.2) is 66.1 Å². The van der Waals surface area contributed by atoms with Crippen molar-refractivity contribution in [2.75, 3.05) is 50.4 Å². The van der Waals surface area contributed by atoms with E-state index in [4.69, 9.17) is 38.4 Å². The molecule has 3 aliphatic heterocycles. The molecule has 220 valence electrons. The number of carbonyl (C=O) groups excluding carboxylic acids is 2. The van der Waals surface area contributed by atoms with Crippen LogP contribution in [0, 0.1) is 5.82 Å². The van der Waals surface area contributed by atoms with Gasteiger partial charge in [-0.25, -0.2) is 14.2 Å². The second-order valence-electron chi connectivity index (χ2n) is 10.8. The molecule has 3 N–H and O–H groups in total. The van der Waals surface area contributed by atoms with Crippen molar-refractivity contribution in [3.05, 3.63) is 69.6 Å². The van der Waals surface area contributed by atoms with E-state index in [0.29, 0.717) is 63.4 Å². The fourth-order valence-corrected chi connectivity index (χ4v) is 6.69. The highest BCUT2D eigenvalue weighted by Gasteiger charge is 2.49. The first-order valence-electron chi connectivity index (χ1n) is 13.8. The van der Waals surface area contributed by atoms with Gasteiger partial charge in [0.2, 0.25) is 5.91 Å². The number of fused-ring (bicyclic) bond motifs is 2. The zero-order valence-electron chi connectivity index (χ0n) is 23.0. The molecule has 0 bridgehead atoms. The molecule has 1 spiro atoms. The van der Waals surface area contributed by atoms with Gasteiger partial charge >= 0.3 is 6.03 Å². The smallest absolute Gasteiger partial charge is 0.320 e. The highest BCUT2D eigenvalue weighted by molar-refractivity contribution is 6.36. The van der Waals surface area contributed by atoms with Gasteiger partial charge in [0.25, 0.3) is 0 Å². The van der Waals surface area contributed by atoms with Gasteiger partial charge < -0.3 is 30.3 Å². The van der Waals surface area contributed by atoms with Crippen molar-refractivity contribution >= 4 is 46.6 Å². The lowest BCUT2D eigenvalue weighted by Crippen LogP contribution is -2.53. The summed E-state index contributed by atoms with van der Waals surface area (Å²) in [5.74, 6) is -0.209. The van der Waals surface area contributed by atoms with Crippen LogP contribution in [0.4, 0.5) is 20.7 Å². The quantitative estimate of drug-likeness (QED) is 0.368. The minimum Gasteiger partial charge on any atom is -0.482 e. The maximum absolute atomic E-state index is 14.1. The molecule has 2 aromatic carbocycles. The molecule has 3 aliphatic rings. The fourth-order valence-electron chi connectivity index (χ4n) is 6.01. The van der Waals surface area contributed by atoms with Crippen LogP contribution in [0.3, 0.4) is 0 Å².